The summed E-state index contributed by atoms with van der Waals surface area (Å²) < 4.78 is 16.7. The molecule has 0 aromatic heterocycles. The number of aliphatic carboxylic acids is 1. The van der Waals surface area contributed by atoms with Crippen LogP contribution in [-0.2, 0) is 28.6 Å². The van der Waals surface area contributed by atoms with Gasteiger partial charge in [-0.2, -0.15) is 0 Å². The lowest BCUT2D eigenvalue weighted by molar-refractivity contribution is -0.887. The molecule has 0 aliphatic heterocycles. The monoisotopic (exact) mass is 592 g/mol. The Bertz CT molecular complexity index is 839. The molecule has 0 saturated heterocycles. The van der Waals surface area contributed by atoms with Crippen LogP contribution in [0.1, 0.15) is 97.3 Å². The van der Waals surface area contributed by atoms with Gasteiger partial charge in [-0.25, -0.2) is 4.79 Å². The van der Waals surface area contributed by atoms with Gasteiger partial charge in [0.1, 0.15) is 6.61 Å². The van der Waals surface area contributed by atoms with Crippen LogP contribution in [0.25, 0.3) is 0 Å². The molecule has 0 aromatic carbocycles. The lowest BCUT2D eigenvalue weighted by Gasteiger charge is -2.31. The minimum absolute atomic E-state index is 0.0451. The maximum Gasteiger partial charge on any atom is 0.362 e. The maximum atomic E-state index is 12.4. The summed E-state index contributed by atoms with van der Waals surface area (Å²) in [5, 5.41) is 9.47. The average molecular weight is 593 g/mol. The zero-order chi connectivity index (χ0) is 31.5. The first-order chi connectivity index (χ1) is 20.1. The highest BCUT2D eigenvalue weighted by molar-refractivity contribution is 5.72. The Labute approximate surface area is 255 Å². The van der Waals surface area contributed by atoms with E-state index in [1.165, 1.54) is 0 Å². The predicted molar refractivity (Wildman–Crippen MR) is 169 cm³/mol. The van der Waals surface area contributed by atoms with Crippen molar-refractivity contribution < 1.29 is 38.2 Å². The van der Waals surface area contributed by atoms with Crippen molar-refractivity contribution in [2.24, 2.45) is 0 Å². The molecule has 0 fully saturated rings. The molecule has 1 N–H and O–H groups in total. The van der Waals surface area contributed by atoms with Gasteiger partial charge in [-0.15, -0.1) is 0 Å². The van der Waals surface area contributed by atoms with E-state index in [1.807, 2.05) is 28.1 Å². The number of rotatable bonds is 26. The smallest absolute Gasteiger partial charge is 0.362 e. The lowest BCUT2D eigenvalue weighted by Crippen LogP contribution is -2.50. The number of carbonyl (C=O) groups excluding carboxylic acids is 2. The molecule has 0 radical (unpaired) electrons. The van der Waals surface area contributed by atoms with Crippen LogP contribution in [-0.4, -0.2) is 80.6 Å². The molecule has 0 aromatic rings. The summed E-state index contributed by atoms with van der Waals surface area (Å²) in [6, 6.07) is -0.615. The number of likely N-dealkylation sites (N-methyl/N-ethyl adjacent to an activating group) is 1. The molecule has 0 saturated carbocycles. The highest BCUT2D eigenvalue weighted by Crippen LogP contribution is 2.11. The Morgan fingerprint density at radius 1 is 0.738 bits per heavy atom. The van der Waals surface area contributed by atoms with E-state index in [0.29, 0.717) is 25.7 Å². The molecular formula is C34H58NO7+. The number of carboxylic acids is 1. The maximum absolute atomic E-state index is 12.4. The van der Waals surface area contributed by atoms with Crippen LogP contribution in [0.5, 0.6) is 0 Å². The van der Waals surface area contributed by atoms with E-state index < -0.39 is 18.1 Å². The fraction of sp³-hybridized carbons (Fsp3) is 0.676. The van der Waals surface area contributed by atoms with Gasteiger partial charge in [-0.3, -0.25) is 9.59 Å². The van der Waals surface area contributed by atoms with Crippen LogP contribution < -0.4 is 0 Å². The Hall–Kier alpha value is -2.71. The second kappa shape index (κ2) is 26.0. The van der Waals surface area contributed by atoms with Crippen LogP contribution in [0.4, 0.5) is 0 Å². The molecular weight excluding hydrogens is 534 g/mol. The molecule has 8 nitrogen and oxygen atoms in total. The quantitative estimate of drug-likeness (QED) is 0.0502. The molecule has 42 heavy (non-hydrogen) atoms. The third-order valence-corrected chi connectivity index (χ3v) is 6.46. The Morgan fingerprint density at radius 3 is 1.90 bits per heavy atom. The first-order valence-corrected chi connectivity index (χ1v) is 15.7. The van der Waals surface area contributed by atoms with Gasteiger partial charge < -0.3 is 23.8 Å². The predicted octanol–water partition coefficient (Wildman–Crippen LogP) is 6.95. The fourth-order valence-electron chi connectivity index (χ4n) is 4.06. The standard InChI is InChI=1S/C34H57NO7/c1-6-8-9-10-11-12-13-14-15-16-17-18-19-20-21-22-23-25-33(37)42-30(29-41-32(36)24-7-2)28-40-27-26-31(34(38)39)35(3,4)5/h8-9,11-12,14-15,17-18,30-31H,6-7,10,13,16,19-29H2,1-5H3/p+1/b9-8-,12-11-,15-14-,18-17-. The molecule has 240 valence electrons. The van der Waals surface area contributed by atoms with Crippen molar-refractivity contribution in [2.75, 3.05) is 41.0 Å². The number of carboxylic acid groups (broad SMARTS) is 1. The zero-order valence-electron chi connectivity index (χ0n) is 26.9. The SMILES string of the molecule is CC/C=C\C/C=C\C/C=C\C/C=C\CCCCCCC(=O)OC(COCCC(C(=O)O)[N+](C)(C)C)COC(=O)CCC. The summed E-state index contributed by atoms with van der Waals surface area (Å²) in [6.07, 6.45) is 27.3. The molecule has 0 amide bonds. The molecule has 0 aliphatic rings. The molecule has 2 atom stereocenters. The van der Waals surface area contributed by atoms with E-state index in [2.05, 4.69) is 55.5 Å². The number of allylic oxidation sites excluding steroid dienone is 8. The number of ether oxygens (including phenoxy) is 3. The first kappa shape index (κ1) is 39.3. The number of unbranched alkanes of at least 4 members (excludes halogenated alkanes) is 4. The van der Waals surface area contributed by atoms with Crippen molar-refractivity contribution >= 4 is 17.9 Å². The third-order valence-electron chi connectivity index (χ3n) is 6.46. The summed E-state index contributed by atoms with van der Waals surface area (Å²) in [6.45, 7) is 4.20. The number of carbonyl (C=O) groups is 3. The highest BCUT2D eigenvalue weighted by Gasteiger charge is 2.31. The summed E-state index contributed by atoms with van der Waals surface area (Å²) in [5.74, 6) is -1.58. The van der Waals surface area contributed by atoms with Crippen LogP contribution >= 0.6 is 0 Å². The normalized spacial score (nSPS) is 13.8. The molecule has 2 unspecified atom stereocenters. The first-order valence-electron chi connectivity index (χ1n) is 15.7. The average Bonchev–Trinajstić information content (AvgIpc) is 2.92. The number of esters is 2. The second-order valence-electron chi connectivity index (χ2n) is 11.3. The number of quaternary nitrogens is 1. The third kappa shape index (κ3) is 23.9. The zero-order valence-corrected chi connectivity index (χ0v) is 26.9. The van der Waals surface area contributed by atoms with Crippen molar-refractivity contribution in [2.45, 2.75) is 109 Å². The highest BCUT2D eigenvalue weighted by atomic mass is 16.6. The molecule has 0 heterocycles. The lowest BCUT2D eigenvalue weighted by atomic mass is 10.1. The largest absolute Gasteiger partial charge is 0.477 e. The second-order valence-corrected chi connectivity index (χ2v) is 11.3. The van der Waals surface area contributed by atoms with E-state index in [-0.39, 0.29) is 36.2 Å². The van der Waals surface area contributed by atoms with Crippen molar-refractivity contribution in [3.63, 3.8) is 0 Å². The van der Waals surface area contributed by atoms with Crippen LogP contribution in [0, 0.1) is 0 Å². The van der Waals surface area contributed by atoms with Gasteiger partial charge in [0.15, 0.2) is 12.1 Å². The van der Waals surface area contributed by atoms with Crippen LogP contribution in [0.15, 0.2) is 48.6 Å². The summed E-state index contributed by atoms with van der Waals surface area (Å²) in [4.78, 5) is 35.8. The van der Waals surface area contributed by atoms with E-state index in [4.69, 9.17) is 14.2 Å². The van der Waals surface area contributed by atoms with Gasteiger partial charge in [0.2, 0.25) is 0 Å². The molecule has 0 aliphatic carbocycles. The Morgan fingerprint density at radius 2 is 1.33 bits per heavy atom. The topological polar surface area (TPSA) is 99.1 Å². The minimum Gasteiger partial charge on any atom is -0.477 e. The summed E-state index contributed by atoms with van der Waals surface area (Å²) >= 11 is 0. The minimum atomic E-state index is -0.888. The number of nitrogens with zero attached hydrogens (tertiary/aromatic N) is 1. The van der Waals surface area contributed by atoms with E-state index >= 15 is 0 Å². The van der Waals surface area contributed by atoms with Gasteiger partial charge >= 0.3 is 17.9 Å². The van der Waals surface area contributed by atoms with Crippen LogP contribution in [0.3, 0.4) is 0 Å². The summed E-state index contributed by atoms with van der Waals surface area (Å²) in [5.41, 5.74) is 0. The molecule has 0 rings (SSSR count). The van der Waals surface area contributed by atoms with Gasteiger partial charge in [0.25, 0.3) is 0 Å². The number of hydrogen-bond donors (Lipinski definition) is 1. The molecule has 0 spiro atoms. The molecule has 8 heteroatoms. The van der Waals surface area contributed by atoms with E-state index in [9.17, 15) is 19.5 Å². The van der Waals surface area contributed by atoms with Crippen LogP contribution in [0.2, 0.25) is 0 Å². The van der Waals surface area contributed by atoms with Gasteiger partial charge in [-0.1, -0.05) is 75.3 Å². The van der Waals surface area contributed by atoms with Gasteiger partial charge in [0.05, 0.1) is 34.4 Å². The van der Waals surface area contributed by atoms with Crippen molar-refractivity contribution in [3.8, 4) is 0 Å². The van der Waals surface area contributed by atoms with Gasteiger partial charge in [0, 0.05) is 19.3 Å². The summed E-state index contributed by atoms with van der Waals surface area (Å²) in [7, 11) is 5.46. The van der Waals surface area contributed by atoms with E-state index in [0.717, 1.165) is 57.8 Å². The number of hydrogen-bond acceptors (Lipinski definition) is 6. The van der Waals surface area contributed by atoms with Crippen molar-refractivity contribution in [3.05, 3.63) is 48.6 Å². The Balaban J connectivity index is 4.24. The van der Waals surface area contributed by atoms with E-state index in [1.54, 1.807) is 0 Å². The van der Waals surface area contributed by atoms with Gasteiger partial charge in [-0.05, 0) is 51.4 Å². The van der Waals surface area contributed by atoms with Crippen molar-refractivity contribution in [1.82, 2.24) is 0 Å². The fourth-order valence-corrected chi connectivity index (χ4v) is 4.06. The Kier molecular flexibility index (Phi) is 24.3. The molecule has 0 bridgehead atoms. The van der Waals surface area contributed by atoms with Crippen molar-refractivity contribution in [1.29, 1.82) is 0 Å².